The number of pyridine rings is 1. The predicted octanol–water partition coefficient (Wildman–Crippen LogP) is 3.64. The average Bonchev–Trinajstić information content (AvgIpc) is 2.54. The van der Waals surface area contributed by atoms with E-state index in [1.54, 1.807) is 19.5 Å². The maximum Gasteiger partial charge on any atom is 0.330 e. The van der Waals surface area contributed by atoms with Crippen LogP contribution in [-0.4, -0.2) is 25.2 Å². The molecule has 0 fully saturated rings. The monoisotopic (exact) mass is 297 g/mol. The number of methoxy groups -OCH3 is 2. The summed E-state index contributed by atoms with van der Waals surface area (Å²) in [5.41, 5.74) is 4.72. The number of benzene rings is 1. The summed E-state index contributed by atoms with van der Waals surface area (Å²) in [7, 11) is 3.01. The van der Waals surface area contributed by atoms with Gasteiger partial charge in [0, 0.05) is 29.6 Å². The van der Waals surface area contributed by atoms with E-state index >= 15 is 0 Å². The second-order valence-electron chi connectivity index (χ2n) is 5.02. The van der Waals surface area contributed by atoms with Crippen molar-refractivity contribution < 1.29 is 14.3 Å². The molecule has 0 unspecified atom stereocenters. The Morgan fingerprint density at radius 1 is 1.18 bits per heavy atom. The van der Waals surface area contributed by atoms with Crippen molar-refractivity contribution in [2.45, 2.75) is 13.8 Å². The molecule has 1 aromatic carbocycles. The summed E-state index contributed by atoms with van der Waals surface area (Å²) >= 11 is 0. The highest BCUT2D eigenvalue weighted by molar-refractivity contribution is 5.91. The number of esters is 1. The molecule has 0 amide bonds. The van der Waals surface area contributed by atoms with Gasteiger partial charge in [-0.1, -0.05) is 11.6 Å². The van der Waals surface area contributed by atoms with E-state index in [-0.39, 0.29) is 5.97 Å². The second-order valence-corrected chi connectivity index (χ2v) is 5.02. The van der Waals surface area contributed by atoms with Gasteiger partial charge in [0.25, 0.3) is 0 Å². The van der Waals surface area contributed by atoms with Crippen molar-refractivity contribution in [3.05, 3.63) is 53.9 Å². The Labute approximate surface area is 130 Å². The molecule has 0 bridgehead atoms. The molecule has 22 heavy (non-hydrogen) atoms. The van der Waals surface area contributed by atoms with Crippen molar-refractivity contribution >= 4 is 11.5 Å². The Morgan fingerprint density at radius 3 is 2.64 bits per heavy atom. The molecular formula is C18H19NO3. The number of ether oxygens (including phenoxy) is 2. The van der Waals surface area contributed by atoms with E-state index in [9.17, 15) is 4.79 Å². The molecule has 0 saturated carbocycles. The van der Waals surface area contributed by atoms with Crippen LogP contribution in [0.15, 0.2) is 42.7 Å². The first-order chi connectivity index (χ1) is 10.5. The fraction of sp³-hybridized carbons (Fsp3) is 0.222. The average molecular weight is 297 g/mol. The first kappa shape index (κ1) is 15.8. The summed E-state index contributed by atoms with van der Waals surface area (Å²) in [6.45, 7) is 3.88. The zero-order valence-corrected chi connectivity index (χ0v) is 13.2. The molecule has 1 heterocycles. The van der Waals surface area contributed by atoms with Crippen LogP contribution in [0.3, 0.4) is 0 Å². The van der Waals surface area contributed by atoms with Gasteiger partial charge in [-0.15, -0.1) is 0 Å². The van der Waals surface area contributed by atoms with Gasteiger partial charge in [-0.25, -0.2) is 4.79 Å². The van der Waals surface area contributed by atoms with E-state index in [1.165, 1.54) is 13.2 Å². The summed E-state index contributed by atoms with van der Waals surface area (Å²) in [6, 6.07) is 7.98. The van der Waals surface area contributed by atoms with Crippen molar-refractivity contribution in [2.75, 3.05) is 14.2 Å². The molecule has 0 radical (unpaired) electrons. The van der Waals surface area contributed by atoms with Crippen molar-refractivity contribution in [1.82, 2.24) is 4.98 Å². The molecule has 0 atom stereocenters. The summed E-state index contributed by atoms with van der Waals surface area (Å²) in [5.74, 6) is 0.412. The van der Waals surface area contributed by atoms with E-state index in [2.05, 4.69) is 15.8 Å². The van der Waals surface area contributed by atoms with E-state index < -0.39 is 0 Å². The number of allylic oxidation sites excluding steroid dienone is 1. The van der Waals surface area contributed by atoms with Gasteiger partial charge in [0.1, 0.15) is 5.75 Å². The number of rotatable bonds is 4. The van der Waals surface area contributed by atoms with Gasteiger partial charge in [0.2, 0.25) is 0 Å². The minimum atomic E-state index is -0.379. The second kappa shape index (κ2) is 6.89. The molecule has 0 aliphatic carbocycles. The van der Waals surface area contributed by atoms with Gasteiger partial charge in [0.15, 0.2) is 0 Å². The van der Waals surface area contributed by atoms with Crippen molar-refractivity contribution in [1.29, 1.82) is 0 Å². The van der Waals surface area contributed by atoms with Gasteiger partial charge in [-0.3, -0.25) is 4.98 Å². The highest BCUT2D eigenvalue weighted by Gasteiger charge is 2.08. The van der Waals surface area contributed by atoms with Gasteiger partial charge < -0.3 is 9.47 Å². The third-order valence-electron chi connectivity index (χ3n) is 3.40. The largest absolute Gasteiger partial charge is 0.496 e. The minimum absolute atomic E-state index is 0.379. The van der Waals surface area contributed by atoms with Crippen LogP contribution in [0.4, 0.5) is 0 Å². The van der Waals surface area contributed by atoms with Crippen LogP contribution < -0.4 is 4.74 Å². The first-order valence-electron chi connectivity index (χ1n) is 6.92. The minimum Gasteiger partial charge on any atom is -0.496 e. The van der Waals surface area contributed by atoms with Gasteiger partial charge >= 0.3 is 5.97 Å². The highest BCUT2D eigenvalue weighted by atomic mass is 16.5. The molecule has 1 aromatic heterocycles. The maximum atomic E-state index is 11.4. The fourth-order valence-corrected chi connectivity index (χ4v) is 2.17. The number of aromatic nitrogens is 1. The van der Waals surface area contributed by atoms with Gasteiger partial charge in [-0.05, 0) is 43.2 Å². The third kappa shape index (κ3) is 3.52. The van der Waals surface area contributed by atoms with Crippen LogP contribution in [0, 0.1) is 6.92 Å². The summed E-state index contributed by atoms with van der Waals surface area (Å²) in [5, 5.41) is 0. The molecule has 2 rings (SSSR count). The van der Waals surface area contributed by atoms with Crippen molar-refractivity contribution in [2.24, 2.45) is 0 Å². The molecule has 2 aromatic rings. The Hall–Kier alpha value is -2.62. The summed E-state index contributed by atoms with van der Waals surface area (Å²) < 4.78 is 10.1. The molecular weight excluding hydrogens is 278 g/mol. The number of carbonyl (C=O) groups is 1. The van der Waals surface area contributed by atoms with Gasteiger partial charge in [-0.2, -0.15) is 0 Å². The smallest absolute Gasteiger partial charge is 0.330 e. The standard InChI is InChI=1S/C18H19NO3/c1-12-5-6-17(21-3)16(7-12)15-9-14(10-19-11-15)13(2)8-18(20)22-4/h5-11H,1-4H3/b13-8+. The number of aryl methyl sites for hydroxylation is 1. The number of nitrogens with zero attached hydrogens (tertiary/aromatic N) is 1. The lowest BCUT2D eigenvalue weighted by atomic mass is 10.0. The van der Waals surface area contributed by atoms with Gasteiger partial charge in [0.05, 0.1) is 14.2 Å². The fourth-order valence-electron chi connectivity index (χ4n) is 2.17. The quantitative estimate of drug-likeness (QED) is 0.638. The number of hydrogen-bond acceptors (Lipinski definition) is 4. The van der Waals surface area contributed by atoms with E-state index in [0.717, 1.165) is 33.6 Å². The Balaban J connectivity index is 2.47. The normalized spacial score (nSPS) is 11.2. The van der Waals surface area contributed by atoms with E-state index in [1.807, 2.05) is 32.0 Å². The molecule has 114 valence electrons. The van der Waals surface area contributed by atoms with Crippen LogP contribution >= 0.6 is 0 Å². The molecule has 0 saturated heterocycles. The molecule has 4 nitrogen and oxygen atoms in total. The lowest BCUT2D eigenvalue weighted by molar-refractivity contribution is -0.134. The Morgan fingerprint density at radius 2 is 1.95 bits per heavy atom. The van der Waals surface area contributed by atoms with Crippen LogP contribution in [0.5, 0.6) is 5.75 Å². The SMILES string of the molecule is COC(=O)/C=C(\C)c1cncc(-c2cc(C)ccc2OC)c1. The summed E-state index contributed by atoms with van der Waals surface area (Å²) in [4.78, 5) is 15.6. The Bertz CT molecular complexity index is 720. The number of carbonyl (C=O) groups excluding carboxylic acids is 1. The number of hydrogen-bond donors (Lipinski definition) is 0. The zero-order chi connectivity index (χ0) is 16.1. The van der Waals surface area contributed by atoms with Crippen LogP contribution in [-0.2, 0) is 9.53 Å². The molecule has 0 spiro atoms. The maximum absolute atomic E-state index is 11.4. The highest BCUT2D eigenvalue weighted by Crippen LogP contribution is 2.31. The zero-order valence-electron chi connectivity index (χ0n) is 13.2. The van der Waals surface area contributed by atoms with Crippen LogP contribution in [0.25, 0.3) is 16.7 Å². The van der Waals surface area contributed by atoms with Crippen molar-refractivity contribution in [3.63, 3.8) is 0 Å². The van der Waals surface area contributed by atoms with E-state index in [0.29, 0.717) is 0 Å². The molecule has 0 aliphatic heterocycles. The van der Waals surface area contributed by atoms with Crippen LogP contribution in [0.2, 0.25) is 0 Å². The summed E-state index contributed by atoms with van der Waals surface area (Å²) in [6.07, 6.45) is 4.96. The van der Waals surface area contributed by atoms with E-state index in [4.69, 9.17) is 4.74 Å². The molecule has 4 heteroatoms. The lowest BCUT2D eigenvalue weighted by Gasteiger charge is -2.11. The first-order valence-corrected chi connectivity index (χ1v) is 6.92. The van der Waals surface area contributed by atoms with Crippen LogP contribution in [0.1, 0.15) is 18.1 Å². The lowest BCUT2D eigenvalue weighted by Crippen LogP contribution is -1.96. The topological polar surface area (TPSA) is 48.4 Å². The molecule has 0 N–H and O–H groups in total. The third-order valence-corrected chi connectivity index (χ3v) is 3.40. The predicted molar refractivity (Wildman–Crippen MR) is 86.6 cm³/mol. The Kier molecular flexibility index (Phi) is 4.94. The molecule has 0 aliphatic rings. The van der Waals surface area contributed by atoms with Crippen molar-refractivity contribution in [3.8, 4) is 16.9 Å².